The van der Waals surface area contributed by atoms with Crippen LogP contribution in [0.3, 0.4) is 0 Å². The van der Waals surface area contributed by atoms with Gasteiger partial charge in [0.05, 0.1) is 0 Å². The lowest BCUT2D eigenvalue weighted by molar-refractivity contribution is 0.0585. The predicted octanol–water partition coefficient (Wildman–Crippen LogP) is 3.29. The summed E-state index contributed by atoms with van der Waals surface area (Å²) in [7, 11) is 1.80. The number of likely N-dealkylation sites (N-methyl/N-ethyl adjacent to an activating group) is 2. The number of hydrogen-bond donors (Lipinski definition) is 2. The highest BCUT2D eigenvalue weighted by atomic mass is 16.2. The van der Waals surface area contributed by atoms with Crippen molar-refractivity contribution in [3.63, 3.8) is 0 Å². The second-order valence-corrected chi connectivity index (χ2v) is 9.67. The highest BCUT2D eigenvalue weighted by Crippen LogP contribution is 2.31. The minimum absolute atomic E-state index is 0.204. The molecule has 3 N–H and O–H groups in total. The van der Waals surface area contributed by atoms with Crippen molar-refractivity contribution in [2.45, 2.75) is 6.92 Å². The molecule has 0 radical (unpaired) electrons. The van der Waals surface area contributed by atoms with Gasteiger partial charge in [-0.3, -0.25) is 34.8 Å². The van der Waals surface area contributed by atoms with Gasteiger partial charge >= 0.3 is 0 Å². The van der Waals surface area contributed by atoms with E-state index in [0.717, 1.165) is 21.5 Å². The van der Waals surface area contributed by atoms with Gasteiger partial charge in [-0.1, -0.05) is 55.5 Å². The summed E-state index contributed by atoms with van der Waals surface area (Å²) in [5, 5.41) is 7.93. The van der Waals surface area contributed by atoms with Crippen molar-refractivity contribution in [3.05, 3.63) is 95.1 Å². The molecule has 2 aliphatic rings. The van der Waals surface area contributed by atoms with Crippen LogP contribution in [-0.2, 0) is 0 Å². The molecule has 0 fully saturated rings. The van der Waals surface area contributed by atoms with Crippen molar-refractivity contribution in [3.8, 4) is 0 Å². The fourth-order valence-corrected chi connectivity index (χ4v) is 5.18. The summed E-state index contributed by atoms with van der Waals surface area (Å²) in [6.07, 6.45) is 0. The number of nitrogens with two attached hydrogens (primary N) is 1. The van der Waals surface area contributed by atoms with Gasteiger partial charge in [-0.05, 0) is 42.1 Å². The van der Waals surface area contributed by atoms with Crippen LogP contribution >= 0.6 is 0 Å². The molecule has 4 amide bonds. The molecule has 6 rings (SSSR count). The molecule has 0 saturated carbocycles. The van der Waals surface area contributed by atoms with Crippen LogP contribution < -0.4 is 11.2 Å². The van der Waals surface area contributed by atoms with Crippen LogP contribution in [0.4, 0.5) is 0 Å². The largest absolute Gasteiger partial charge is 0.318 e. The molecule has 0 aromatic heterocycles. The van der Waals surface area contributed by atoms with E-state index >= 15 is 0 Å². The fraction of sp³-hybridized carbons (Fsp3) is 0.226. The molecular formula is C31H31N5O4. The number of carbonyl (C=O) groups excluding carboxylic acids is 4. The molecule has 9 nitrogen and oxygen atoms in total. The Morgan fingerprint density at radius 1 is 0.650 bits per heavy atom. The van der Waals surface area contributed by atoms with Gasteiger partial charge in [0.15, 0.2) is 0 Å². The lowest BCUT2D eigenvalue weighted by Crippen LogP contribution is -2.46. The third kappa shape index (κ3) is 4.75. The normalized spacial score (nSPS) is 14.3. The molecule has 40 heavy (non-hydrogen) atoms. The number of amides is 4. The molecule has 0 atom stereocenters. The monoisotopic (exact) mass is 537 g/mol. The molecule has 9 heteroatoms. The van der Waals surface area contributed by atoms with E-state index in [2.05, 4.69) is 5.32 Å². The highest BCUT2D eigenvalue weighted by molar-refractivity contribution is 6.26. The average Bonchev–Trinajstić information content (AvgIpc) is 2.98. The molecule has 204 valence electrons. The molecule has 0 unspecified atom stereocenters. The van der Waals surface area contributed by atoms with Gasteiger partial charge in [-0.15, -0.1) is 0 Å². The third-order valence-corrected chi connectivity index (χ3v) is 7.31. The van der Waals surface area contributed by atoms with Gasteiger partial charge in [0.25, 0.3) is 23.6 Å². The first-order chi connectivity index (χ1) is 19.4. The zero-order chi connectivity index (χ0) is 28.4. The number of nitrogens with one attached hydrogen (secondary N) is 1. The van der Waals surface area contributed by atoms with Gasteiger partial charge in [0, 0.05) is 65.8 Å². The Hall–Kier alpha value is -4.44. The topological polar surface area (TPSA) is 116 Å². The Kier molecular flexibility index (Phi) is 7.70. The highest BCUT2D eigenvalue weighted by Gasteiger charge is 2.33. The van der Waals surface area contributed by atoms with Gasteiger partial charge in [-0.25, -0.2) is 5.01 Å². The first-order valence-corrected chi connectivity index (χ1v) is 13.3. The van der Waals surface area contributed by atoms with E-state index in [1.165, 1.54) is 9.80 Å². The molecule has 0 aliphatic carbocycles. The molecule has 0 spiro atoms. The molecule has 2 heterocycles. The summed E-state index contributed by atoms with van der Waals surface area (Å²) in [5.74, 6) is 4.84. The summed E-state index contributed by atoms with van der Waals surface area (Å²) in [4.78, 5) is 52.5. The van der Waals surface area contributed by atoms with E-state index < -0.39 is 0 Å². The maximum absolute atomic E-state index is 12.6. The first kappa shape index (κ1) is 27.1. The van der Waals surface area contributed by atoms with Crippen LogP contribution in [0.25, 0.3) is 21.5 Å². The van der Waals surface area contributed by atoms with Crippen molar-refractivity contribution in [1.29, 1.82) is 0 Å². The van der Waals surface area contributed by atoms with Crippen molar-refractivity contribution in [1.82, 2.24) is 20.1 Å². The van der Waals surface area contributed by atoms with Gasteiger partial charge in [-0.2, -0.15) is 0 Å². The fourth-order valence-electron chi connectivity index (χ4n) is 5.18. The average molecular weight is 538 g/mol. The maximum atomic E-state index is 12.6. The van der Waals surface area contributed by atoms with E-state index in [1.54, 1.807) is 36.3 Å². The van der Waals surface area contributed by atoms with E-state index in [1.807, 2.05) is 55.5 Å². The summed E-state index contributed by atoms with van der Waals surface area (Å²) >= 11 is 0. The summed E-state index contributed by atoms with van der Waals surface area (Å²) in [6.45, 7) is 4.34. The van der Waals surface area contributed by atoms with Crippen molar-refractivity contribution >= 4 is 45.2 Å². The lowest BCUT2D eigenvalue weighted by atomic mass is 9.94. The molecule has 0 bridgehead atoms. The van der Waals surface area contributed by atoms with Crippen LogP contribution in [-0.4, -0.2) is 78.2 Å². The Labute approximate surface area is 232 Å². The molecule has 4 aromatic rings. The second-order valence-electron chi connectivity index (χ2n) is 9.67. The van der Waals surface area contributed by atoms with E-state index in [9.17, 15) is 19.2 Å². The Morgan fingerprint density at radius 3 is 1.38 bits per heavy atom. The minimum Gasteiger partial charge on any atom is -0.318 e. The van der Waals surface area contributed by atoms with Crippen molar-refractivity contribution < 1.29 is 19.2 Å². The van der Waals surface area contributed by atoms with Gasteiger partial charge in [0.2, 0.25) is 0 Å². The Balaban J connectivity index is 0.000000162. The molecule has 0 saturated heterocycles. The van der Waals surface area contributed by atoms with Crippen LogP contribution in [0.5, 0.6) is 0 Å². The third-order valence-electron chi connectivity index (χ3n) is 7.31. The van der Waals surface area contributed by atoms with Crippen LogP contribution in [0.15, 0.2) is 72.8 Å². The molecular weight excluding hydrogens is 506 g/mol. The quantitative estimate of drug-likeness (QED) is 0.211. The number of benzene rings is 4. The van der Waals surface area contributed by atoms with Crippen LogP contribution in [0, 0.1) is 0 Å². The number of imide groups is 2. The Bertz CT molecular complexity index is 1550. The first-order valence-electron chi connectivity index (χ1n) is 13.3. The second kappa shape index (κ2) is 11.4. The van der Waals surface area contributed by atoms with E-state index in [-0.39, 0.29) is 23.6 Å². The Morgan fingerprint density at radius 2 is 1.02 bits per heavy atom. The summed E-state index contributed by atoms with van der Waals surface area (Å²) < 4.78 is 0. The maximum Gasteiger partial charge on any atom is 0.261 e. The number of rotatable bonds is 7. The van der Waals surface area contributed by atoms with Gasteiger partial charge < -0.3 is 5.32 Å². The molecule has 2 aliphatic heterocycles. The number of carbonyl (C=O) groups is 4. The lowest BCUT2D eigenvalue weighted by Gasteiger charge is -2.28. The summed E-state index contributed by atoms with van der Waals surface area (Å²) in [5.41, 5.74) is 2.40. The zero-order valence-corrected chi connectivity index (χ0v) is 22.5. The van der Waals surface area contributed by atoms with Crippen molar-refractivity contribution in [2.75, 3.05) is 39.8 Å². The van der Waals surface area contributed by atoms with Crippen LogP contribution in [0.2, 0.25) is 0 Å². The number of hydrazine groups is 1. The van der Waals surface area contributed by atoms with E-state index in [0.29, 0.717) is 55.0 Å². The standard InChI is InChI=1S/C16H17N3O2.C15H14N2O2/c1-2-18(17)9-10-19-15(20)12-7-3-5-11-6-4-8-13(14(11)12)16(19)21;1-16-8-9-17-14(18)11-6-2-4-10-5-3-7-12(13(10)11)15(17)19/h3-8H,2,9-10,17H2,1H3;2-7,16H,8-9H2,1H3. The number of hydrogen-bond acceptors (Lipinski definition) is 7. The summed E-state index contributed by atoms with van der Waals surface area (Å²) in [6, 6.07) is 22.2. The predicted molar refractivity (Wildman–Crippen MR) is 154 cm³/mol. The zero-order valence-electron chi connectivity index (χ0n) is 22.5. The van der Waals surface area contributed by atoms with Crippen molar-refractivity contribution in [2.24, 2.45) is 5.84 Å². The van der Waals surface area contributed by atoms with Crippen LogP contribution in [0.1, 0.15) is 48.4 Å². The molecule has 4 aromatic carbocycles. The SMILES string of the molecule is CCN(N)CCN1C(=O)c2cccc3cccc(c23)C1=O.CNCCN1C(=O)c2cccc3cccc(c23)C1=O. The minimum atomic E-state index is -0.242. The van der Waals surface area contributed by atoms with Gasteiger partial charge in [0.1, 0.15) is 0 Å². The number of nitrogens with zero attached hydrogens (tertiary/aromatic N) is 3. The smallest absolute Gasteiger partial charge is 0.261 e. The van der Waals surface area contributed by atoms with E-state index in [4.69, 9.17) is 5.84 Å².